The van der Waals surface area contributed by atoms with E-state index in [9.17, 15) is 0 Å². The van der Waals surface area contributed by atoms with Crippen molar-refractivity contribution in [2.45, 2.75) is 20.0 Å². The molecule has 0 saturated heterocycles. The zero-order valence-corrected chi connectivity index (χ0v) is 12.0. The highest BCUT2D eigenvalue weighted by molar-refractivity contribution is 5.35. The minimum absolute atomic E-state index is 0.643. The molecular weight excluding hydrogens is 266 g/mol. The minimum atomic E-state index is 0.643. The van der Waals surface area contributed by atoms with E-state index in [1.54, 1.807) is 0 Å². The molecule has 2 heterocycles. The number of aromatic nitrogens is 2. The number of anilines is 1. The van der Waals surface area contributed by atoms with Crippen LogP contribution < -0.4 is 16.0 Å². The van der Waals surface area contributed by atoms with Gasteiger partial charge < -0.3 is 10.2 Å². The highest BCUT2D eigenvalue weighted by Crippen LogP contribution is 2.23. The number of hydrogen-bond donors (Lipinski definition) is 2. The van der Waals surface area contributed by atoms with Crippen molar-refractivity contribution in [1.29, 1.82) is 0 Å². The monoisotopic (exact) mass is 285 g/mol. The predicted molar refractivity (Wildman–Crippen MR) is 80.6 cm³/mol. The lowest BCUT2D eigenvalue weighted by molar-refractivity contribution is 0.215. The van der Waals surface area contributed by atoms with E-state index in [1.165, 1.54) is 5.56 Å². The van der Waals surface area contributed by atoms with Gasteiger partial charge in [0.25, 0.3) is 0 Å². The second-order valence-electron chi connectivity index (χ2n) is 5.12. The van der Waals surface area contributed by atoms with Gasteiger partial charge in [0.15, 0.2) is 0 Å². The van der Waals surface area contributed by atoms with Crippen LogP contribution >= 0.6 is 0 Å². The highest BCUT2D eigenvalue weighted by Gasteiger charge is 2.16. The van der Waals surface area contributed by atoms with E-state index in [4.69, 9.17) is 10.6 Å². The van der Waals surface area contributed by atoms with Crippen molar-refractivity contribution in [2.75, 3.05) is 18.6 Å². The Hall–Kier alpha value is -2.18. The number of benzene rings is 1. The number of nitrogens with zero attached hydrogens (tertiary/aromatic N) is 3. The van der Waals surface area contributed by atoms with Crippen molar-refractivity contribution in [3.05, 3.63) is 47.4 Å². The molecule has 3 N–H and O–H groups in total. The van der Waals surface area contributed by atoms with E-state index < -0.39 is 0 Å². The van der Waals surface area contributed by atoms with Crippen molar-refractivity contribution < 1.29 is 4.74 Å². The molecular formula is C15H19N5O. The molecule has 21 heavy (non-hydrogen) atoms. The van der Waals surface area contributed by atoms with Crippen LogP contribution in [0.25, 0.3) is 0 Å². The van der Waals surface area contributed by atoms with Crippen LogP contribution in [0, 0.1) is 6.92 Å². The Morgan fingerprint density at radius 3 is 3.05 bits per heavy atom. The van der Waals surface area contributed by atoms with Crippen molar-refractivity contribution in [2.24, 2.45) is 5.84 Å². The quantitative estimate of drug-likeness (QED) is 0.657. The summed E-state index contributed by atoms with van der Waals surface area (Å²) in [5, 5.41) is 0. The number of para-hydroxylation sites is 1. The van der Waals surface area contributed by atoms with E-state index in [0.29, 0.717) is 19.0 Å². The Morgan fingerprint density at radius 1 is 1.33 bits per heavy atom. The molecule has 0 fully saturated rings. The van der Waals surface area contributed by atoms with Crippen molar-refractivity contribution in [3.63, 3.8) is 0 Å². The smallest absolute Gasteiger partial charge is 0.145 e. The average molecular weight is 285 g/mol. The maximum Gasteiger partial charge on any atom is 0.145 e. The van der Waals surface area contributed by atoms with Crippen LogP contribution in [-0.2, 0) is 13.1 Å². The second-order valence-corrected chi connectivity index (χ2v) is 5.12. The van der Waals surface area contributed by atoms with Crippen molar-refractivity contribution in [1.82, 2.24) is 14.9 Å². The molecule has 2 aromatic rings. The fourth-order valence-electron chi connectivity index (χ4n) is 2.49. The third kappa shape index (κ3) is 3.29. The van der Waals surface area contributed by atoms with Crippen LogP contribution in [0.1, 0.15) is 17.1 Å². The number of rotatable bonds is 3. The van der Waals surface area contributed by atoms with Gasteiger partial charge in [0, 0.05) is 30.4 Å². The molecule has 0 bridgehead atoms. The van der Waals surface area contributed by atoms with Gasteiger partial charge in [-0.1, -0.05) is 18.2 Å². The minimum Gasteiger partial charge on any atom is -0.492 e. The Kier molecular flexibility index (Phi) is 3.98. The third-order valence-corrected chi connectivity index (χ3v) is 3.45. The summed E-state index contributed by atoms with van der Waals surface area (Å²) in [5.41, 5.74) is 4.68. The standard InChI is InChI=1S/C15H19N5O/c1-11-8-14(19-16)18-15(17-11)10-20-6-7-21-13-5-3-2-4-12(13)9-20/h2-5,8H,6-7,9-10,16H2,1H3,(H,17,18,19). The molecule has 1 aromatic carbocycles. The average Bonchev–Trinajstić information content (AvgIpc) is 2.68. The van der Waals surface area contributed by atoms with Gasteiger partial charge in [-0.15, -0.1) is 0 Å². The van der Waals surface area contributed by atoms with Crippen LogP contribution in [0.15, 0.2) is 30.3 Å². The molecule has 0 radical (unpaired) electrons. The first-order valence-electron chi connectivity index (χ1n) is 6.99. The van der Waals surface area contributed by atoms with Gasteiger partial charge >= 0.3 is 0 Å². The topological polar surface area (TPSA) is 76.3 Å². The maximum absolute atomic E-state index is 5.77. The van der Waals surface area contributed by atoms with E-state index in [2.05, 4.69) is 26.4 Å². The summed E-state index contributed by atoms with van der Waals surface area (Å²) >= 11 is 0. The fraction of sp³-hybridized carbons (Fsp3) is 0.333. The first-order valence-corrected chi connectivity index (χ1v) is 6.99. The van der Waals surface area contributed by atoms with Gasteiger partial charge in [0.05, 0.1) is 6.54 Å². The number of hydrogen-bond acceptors (Lipinski definition) is 6. The van der Waals surface area contributed by atoms with E-state index in [0.717, 1.165) is 30.4 Å². The molecule has 0 saturated carbocycles. The van der Waals surface area contributed by atoms with Crippen LogP contribution in [0.4, 0.5) is 5.82 Å². The molecule has 3 rings (SSSR count). The van der Waals surface area contributed by atoms with E-state index in [-0.39, 0.29) is 0 Å². The lowest BCUT2D eigenvalue weighted by Crippen LogP contribution is -2.26. The Morgan fingerprint density at radius 2 is 2.19 bits per heavy atom. The summed E-state index contributed by atoms with van der Waals surface area (Å²) in [7, 11) is 0. The summed E-state index contributed by atoms with van der Waals surface area (Å²) in [4.78, 5) is 11.2. The summed E-state index contributed by atoms with van der Waals surface area (Å²) in [6, 6.07) is 9.96. The number of fused-ring (bicyclic) bond motifs is 1. The maximum atomic E-state index is 5.77. The van der Waals surface area contributed by atoms with Gasteiger partial charge in [-0.05, 0) is 13.0 Å². The first-order chi connectivity index (χ1) is 10.2. The second kappa shape index (κ2) is 6.07. The molecule has 0 aliphatic carbocycles. The van der Waals surface area contributed by atoms with E-state index >= 15 is 0 Å². The zero-order valence-electron chi connectivity index (χ0n) is 12.0. The lowest BCUT2D eigenvalue weighted by atomic mass is 10.2. The summed E-state index contributed by atoms with van der Waals surface area (Å²) in [5.74, 6) is 7.81. The molecule has 6 heteroatoms. The molecule has 0 spiro atoms. The summed E-state index contributed by atoms with van der Waals surface area (Å²) in [6.45, 7) is 4.96. The SMILES string of the molecule is Cc1cc(NN)nc(CN2CCOc3ccccc3C2)n1. The Balaban J connectivity index is 1.78. The predicted octanol–water partition coefficient (Wildman–Crippen LogP) is 1.47. The van der Waals surface area contributed by atoms with Gasteiger partial charge in [0.1, 0.15) is 24.0 Å². The van der Waals surface area contributed by atoms with Gasteiger partial charge in [-0.25, -0.2) is 15.8 Å². The van der Waals surface area contributed by atoms with Crippen molar-refractivity contribution in [3.8, 4) is 5.75 Å². The highest BCUT2D eigenvalue weighted by atomic mass is 16.5. The molecule has 0 atom stereocenters. The van der Waals surface area contributed by atoms with Gasteiger partial charge in [0.2, 0.25) is 0 Å². The molecule has 6 nitrogen and oxygen atoms in total. The summed E-state index contributed by atoms with van der Waals surface area (Å²) in [6.07, 6.45) is 0. The van der Waals surface area contributed by atoms with Crippen LogP contribution in [0.5, 0.6) is 5.75 Å². The first kappa shape index (κ1) is 13.8. The zero-order chi connectivity index (χ0) is 14.7. The number of ether oxygens (including phenoxy) is 1. The third-order valence-electron chi connectivity index (χ3n) is 3.45. The molecule has 1 aliphatic heterocycles. The summed E-state index contributed by atoms with van der Waals surface area (Å²) < 4.78 is 5.77. The van der Waals surface area contributed by atoms with Crippen molar-refractivity contribution >= 4 is 5.82 Å². The lowest BCUT2D eigenvalue weighted by Gasteiger charge is -2.18. The molecule has 1 aliphatic rings. The number of nitrogens with two attached hydrogens (primary N) is 1. The van der Waals surface area contributed by atoms with Gasteiger partial charge in [-0.3, -0.25) is 4.90 Å². The fourth-order valence-corrected chi connectivity index (χ4v) is 2.49. The number of nitrogen functional groups attached to an aromatic ring is 1. The number of nitrogens with one attached hydrogen (secondary N) is 1. The van der Waals surface area contributed by atoms with Crippen LogP contribution in [-0.4, -0.2) is 28.0 Å². The number of hydrazine groups is 1. The Labute approximate surface area is 123 Å². The van der Waals surface area contributed by atoms with Crippen LogP contribution in [0.2, 0.25) is 0 Å². The normalized spacial score (nSPS) is 15.0. The van der Waals surface area contributed by atoms with E-state index in [1.807, 2.05) is 31.2 Å². The molecule has 0 unspecified atom stereocenters. The molecule has 110 valence electrons. The van der Waals surface area contributed by atoms with Gasteiger partial charge in [-0.2, -0.15) is 0 Å². The molecule has 1 aromatic heterocycles. The Bertz CT molecular complexity index is 631. The largest absolute Gasteiger partial charge is 0.492 e. The number of aryl methyl sites for hydroxylation is 1. The van der Waals surface area contributed by atoms with Crippen LogP contribution in [0.3, 0.4) is 0 Å². The molecule has 0 amide bonds.